The van der Waals surface area contributed by atoms with Crippen molar-refractivity contribution in [2.75, 3.05) is 11.9 Å². The summed E-state index contributed by atoms with van der Waals surface area (Å²) in [5.41, 5.74) is 0.346. The molecule has 1 N–H and O–H groups in total. The Bertz CT molecular complexity index is 870. The molecular formula is C19H29ClN4O4Si. The summed E-state index contributed by atoms with van der Waals surface area (Å²) < 4.78 is 6.25. The molecule has 8 nitrogen and oxygen atoms in total. The second-order valence-electron chi connectivity index (χ2n) is 9.32. The monoisotopic (exact) mass is 440 g/mol. The van der Waals surface area contributed by atoms with Crippen LogP contribution >= 0.6 is 11.6 Å². The standard InChI is InChI=1S/C19H29ClN4O4Si/c1-7-28-17(27)24-14(21-15(25)19(9-8-10-19)29(4,5)6)12-11-23(16(20)26)18(2,3)13(12)22-24/h7-11H2,1-6H3,(H,21,25). The van der Waals surface area contributed by atoms with Gasteiger partial charge in [-0.05, 0) is 45.2 Å². The maximum Gasteiger partial charge on any atom is 0.436 e. The predicted octanol–water partition coefficient (Wildman–Crippen LogP) is 4.50. The normalized spacial score (nSPS) is 19.3. The number of nitrogens with one attached hydrogen (secondary N) is 1. The lowest BCUT2D eigenvalue weighted by Gasteiger charge is -2.48. The van der Waals surface area contributed by atoms with E-state index in [-0.39, 0.29) is 29.9 Å². The van der Waals surface area contributed by atoms with Gasteiger partial charge in [0.05, 0.1) is 32.5 Å². The molecule has 2 heterocycles. The van der Waals surface area contributed by atoms with Crippen LogP contribution in [0.15, 0.2) is 0 Å². The molecule has 0 spiro atoms. The van der Waals surface area contributed by atoms with Crippen LogP contribution in [0.25, 0.3) is 0 Å². The van der Waals surface area contributed by atoms with Crippen LogP contribution < -0.4 is 5.32 Å². The van der Waals surface area contributed by atoms with Gasteiger partial charge in [-0.25, -0.2) is 4.79 Å². The SMILES string of the molecule is CCOC(=O)n1nc2c(c1NC(=O)C1([Si](C)(C)C)CCC1)CN(C(=O)Cl)C2(C)C. The highest BCUT2D eigenvalue weighted by molar-refractivity contribution is 6.83. The summed E-state index contributed by atoms with van der Waals surface area (Å²) in [6.45, 7) is 12.2. The van der Waals surface area contributed by atoms with Crippen LogP contribution in [0.5, 0.6) is 0 Å². The second-order valence-corrected chi connectivity index (χ2v) is 15.1. The summed E-state index contributed by atoms with van der Waals surface area (Å²) in [5, 5.41) is 6.43. The molecule has 1 aliphatic heterocycles. The molecule has 3 rings (SSSR count). The van der Waals surface area contributed by atoms with Crippen molar-refractivity contribution in [3.63, 3.8) is 0 Å². The van der Waals surface area contributed by atoms with Crippen molar-refractivity contribution in [3.8, 4) is 0 Å². The van der Waals surface area contributed by atoms with E-state index in [1.807, 2.05) is 13.8 Å². The van der Waals surface area contributed by atoms with Crippen molar-refractivity contribution in [2.45, 2.75) is 76.8 Å². The summed E-state index contributed by atoms with van der Waals surface area (Å²) in [6.07, 6.45) is 2.06. The first-order valence-electron chi connectivity index (χ1n) is 9.95. The van der Waals surface area contributed by atoms with E-state index in [9.17, 15) is 14.4 Å². The zero-order valence-electron chi connectivity index (χ0n) is 17.9. The van der Waals surface area contributed by atoms with E-state index in [4.69, 9.17) is 16.3 Å². The number of hydrogen-bond donors (Lipinski definition) is 1. The Morgan fingerprint density at radius 1 is 1.24 bits per heavy atom. The lowest BCUT2D eigenvalue weighted by molar-refractivity contribution is -0.121. The molecule has 1 saturated carbocycles. The molecule has 1 aliphatic carbocycles. The highest BCUT2D eigenvalue weighted by Gasteiger charge is 2.54. The fourth-order valence-corrected chi connectivity index (χ4v) is 7.25. The molecule has 0 saturated heterocycles. The topological polar surface area (TPSA) is 93.5 Å². The minimum Gasteiger partial charge on any atom is -0.448 e. The largest absolute Gasteiger partial charge is 0.448 e. The number of halogens is 1. The molecule has 29 heavy (non-hydrogen) atoms. The Morgan fingerprint density at radius 2 is 1.86 bits per heavy atom. The lowest BCUT2D eigenvalue weighted by atomic mass is 9.83. The summed E-state index contributed by atoms with van der Waals surface area (Å²) in [7, 11) is -1.81. The van der Waals surface area contributed by atoms with E-state index < -0.39 is 25.1 Å². The molecular weight excluding hydrogens is 412 g/mol. The molecule has 10 heteroatoms. The third-order valence-electron chi connectivity index (χ3n) is 6.52. The van der Waals surface area contributed by atoms with Gasteiger partial charge in [-0.3, -0.25) is 9.59 Å². The van der Waals surface area contributed by atoms with Gasteiger partial charge in [-0.15, -0.1) is 4.68 Å². The van der Waals surface area contributed by atoms with Gasteiger partial charge < -0.3 is 15.0 Å². The second kappa shape index (κ2) is 7.12. The fraction of sp³-hybridized carbons (Fsp3) is 0.684. The number of anilines is 1. The third kappa shape index (κ3) is 3.28. The first-order chi connectivity index (χ1) is 13.4. The highest BCUT2D eigenvalue weighted by atomic mass is 35.5. The van der Waals surface area contributed by atoms with Crippen molar-refractivity contribution >= 4 is 42.9 Å². The zero-order valence-corrected chi connectivity index (χ0v) is 19.6. The van der Waals surface area contributed by atoms with Gasteiger partial charge in [0.2, 0.25) is 5.91 Å². The maximum atomic E-state index is 13.4. The van der Waals surface area contributed by atoms with E-state index in [0.29, 0.717) is 11.3 Å². The zero-order chi connectivity index (χ0) is 21.8. The Labute approximate surface area is 176 Å². The van der Waals surface area contributed by atoms with Crippen LogP contribution in [0.2, 0.25) is 24.7 Å². The van der Waals surface area contributed by atoms with Crippen LogP contribution in [0.4, 0.5) is 15.4 Å². The molecule has 160 valence electrons. The summed E-state index contributed by atoms with van der Waals surface area (Å²) >= 11 is 5.77. The number of amides is 2. The Hall–Kier alpha value is -1.87. The quantitative estimate of drug-likeness (QED) is 0.422. The molecule has 0 radical (unpaired) electrons. The highest BCUT2D eigenvalue weighted by Crippen LogP contribution is 2.56. The van der Waals surface area contributed by atoms with Crippen LogP contribution in [0.1, 0.15) is 51.3 Å². The van der Waals surface area contributed by atoms with E-state index in [1.54, 1.807) is 6.92 Å². The van der Waals surface area contributed by atoms with Crippen molar-refractivity contribution in [1.82, 2.24) is 14.7 Å². The first kappa shape index (κ1) is 21.8. The Morgan fingerprint density at radius 3 is 2.31 bits per heavy atom. The Balaban J connectivity index is 2.05. The van der Waals surface area contributed by atoms with E-state index in [2.05, 4.69) is 30.1 Å². The molecule has 0 unspecified atom stereocenters. The molecule has 1 fully saturated rings. The van der Waals surface area contributed by atoms with E-state index >= 15 is 0 Å². The van der Waals surface area contributed by atoms with Gasteiger partial charge >= 0.3 is 11.5 Å². The van der Waals surface area contributed by atoms with Crippen molar-refractivity contribution in [1.29, 1.82) is 0 Å². The van der Waals surface area contributed by atoms with Crippen LogP contribution in [0.3, 0.4) is 0 Å². The Kier molecular flexibility index (Phi) is 5.36. The minimum absolute atomic E-state index is 0.0791. The number of ether oxygens (including phenoxy) is 1. The summed E-state index contributed by atoms with van der Waals surface area (Å²) in [5.74, 6) is 0.200. The van der Waals surface area contributed by atoms with Gasteiger partial charge in [-0.2, -0.15) is 5.10 Å². The molecule has 1 aromatic heterocycles. The van der Waals surface area contributed by atoms with E-state index in [0.717, 1.165) is 23.9 Å². The molecule has 2 aliphatic rings. The number of hydrogen-bond acceptors (Lipinski definition) is 5. The van der Waals surface area contributed by atoms with Crippen molar-refractivity contribution in [2.24, 2.45) is 0 Å². The van der Waals surface area contributed by atoms with Crippen LogP contribution in [-0.2, 0) is 21.6 Å². The number of carbonyl (C=O) groups is 3. The number of carbonyl (C=O) groups excluding carboxylic acids is 3. The molecule has 2 amide bonds. The fourth-order valence-electron chi connectivity index (χ4n) is 4.38. The van der Waals surface area contributed by atoms with Crippen LogP contribution in [-0.4, -0.2) is 46.7 Å². The molecule has 0 bridgehead atoms. The average molecular weight is 441 g/mol. The third-order valence-corrected chi connectivity index (χ3v) is 10.3. The summed E-state index contributed by atoms with van der Waals surface area (Å²) in [4.78, 5) is 39.3. The van der Waals surface area contributed by atoms with Gasteiger partial charge in [-0.1, -0.05) is 26.1 Å². The smallest absolute Gasteiger partial charge is 0.436 e. The lowest BCUT2D eigenvalue weighted by Crippen LogP contribution is -2.52. The minimum atomic E-state index is -1.81. The van der Waals surface area contributed by atoms with Gasteiger partial charge in [0, 0.05) is 10.6 Å². The molecule has 1 aromatic rings. The van der Waals surface area contributed by atoms with Crippen LogP contribution in [0, 0.1) is 0 Å². The predicted molar refractivity (Wildman–Crippen MR) is 113 cm³/mol. The number of nitrogens with zero attached hydrogens (tertiary/aromatic N) is 3. The molecule has 0 atom stereocenters. The molecule has 0 aromatic carbocycles. The van der Waals surface area contributed by atoms with Gasteiger partial charge in [0.1, 0.15) is 5.82 Å². The maximum absolute atomic E-state index is 13.4. The number of fused-ring (bicyclic) bond motifs is 1. The van der Waals surface area contributed by atoms with Crippen molar-refractivity contribution in [3.05, 3.63) is 11.3 Å². The van der Waals surface area contributed by atoms with Gasteiger partial charge in [0.15, 0.2) is 0 Å². The number of aromatic nitrogens is 2. The van der Waals surface area contributed by atoms with Crippen molar-refractivity contribution < 1.29 is 19.1 Å². The summed E-state index contributed by atoms with van der Waals surface area (Å²) in [6, 6.07) is 0. The van der Waals surface area contributed by atoms with E-state index in [1.165, 1.54) is 4.90 Å². The first-order valence-corrected chi connectivity index (χ1v) is 13.8. The van der Waals surface area contributed by atoms with Gasteiger partial charge in [0.25, 0.3) is 0 Å². The average Bonchev–Trinajstić information content (AvgIpc) is 3.00. The number of rotatable bonds is 4.